The molecule has 0 radical (unpaired) electrons. The molecule has 0 unspecified atom stereocenters. The van der Waals surface area contributed by atoms with Crippen LogP contribution in [0.3, 0.4) is 0 Å². The van der Waals surface area contributed by atoms with Crippen molar-refractivity contribution in [3.05, 3.63) is 54.1 Å². The molecule has 0 bridgehead atoms. The molecule has 0 aliphatic carbocycles. The number of nitrogens with zero attached hydrogens (tertiary/aromatic N) is 3. The van der Waals surface area contributed by atoms with Crippen LogP contribution >= 0.6 is 0 Å². The van der Waals surface area contributed by atoms with Gasteiger partial charge in [0.2, 0.25) is 0 Å². The number of aromatic nitrogens is 2. The van der Waals surface area contributed by atoms with Crippen molar-refractivity contribution < 1.29 is 4.79 Å². The lowest BCUT2D eigenvalue weighted by atomic mass is 10.1. The molecule has 5 nitrogen and oxygen atoms in total. The topological polar surface area (TPSA) is 78.7 Å². The lowest BCUT2D eigenvalue weighted by Gasteiger charge is -2.03. The third-order valence-corrected chi connectivity index (χ3v) is 2.09. The van der Waals surface area contributed by atoms with Crippen LogP contribution in [-0.2, 0) is 0 Å². The predicted molar refractivity (Wildman–Crippen MR) is 61.1 cm³/mol. The Bertz CT molecular complexity index is 557. The number of amides is 1. The van der Waals surface area contributed by atoms with E-state index >= 15 is 0 Å². The van der Waals surface area contributed by atoms with Gasteiger partial charge in [-0.1, -0.05) is 0 Å². The van der Waals surface area contributed by atoms with Crippen molar-refractivity contribution in [2.75, 3.05) is 5.32 Å². The number of anilines is 1. The van der Waals surface area contributed by atoms with E-state index in [1.165, 1.54) is 18.7 Å². The summed E-state index contributed by atoms with van der Waals surface area (Å²) in [6, 6.07) is 8.37. The van der Waals surface area contributed by atoms with E-state index in [-0.39, 0.29) is 5.91 Å². The normalized spacial score (nSPS) is 9.35. The molecule has 1 N–H and O–H groups in total. The maximum Gasteiger partial charge on any atom is 0.255 e. The molecule has 2 aromatic rings. The van der Waals surface area contributed by atoms with Crippen LogP contribution in [0.1, 0.15) is 15.9 Å². The Hall–Kier alpha value is -2.74. The summed E-state index contributed by atoms with van der Waals surface area (Å²) in [4.78, 5) is 19.3. The second-order valence-electron chi connectivity index (χ2n) is 3.27. The van der Waals surface area contributed by atoms with E-state index in [0.29, 0.717) is 16.8 Å². The molecular formula is C12H8N4O. The highest BCUT2D eigenvalue weighted by molar-refractivity contribution is 6.04. The number of hydrogen-bond donors (Lipinski definition) is 1. The molecule has 17 heavy (non-hydrogen) atoms. The molecule has 5 heteroatoms. The van der Waals surface area contributed by atoms with Crippen molar-refractivity contribution in [1.82, 2.24) is 9.97 Å². The third-order valence-electron chi connectivity index (χ3n) is 2.09. The zero-order valence-corrected chi connectivity index (χ0v) is 8.79. The summed E-state index contributed by atoms with van der Waals surface area (Å²) < 4.78 is 0. The highest BCUT2D eigenvalue weighted by Gasteiger charge is 2.05. The van der Waals surface area contributed by atoms with Crippen LogP contribution in [0.2, 0.25) is 0 Å². The number of rotatable bonds is 2. The SMILES string of the molecule is N#Cc1ccc(C(=O)Nc2cncnc2)cc1. The third kappa shape index (κ3) is 2.63. The first-order chi connectivity index (χ1) is 8.29. The monoisotopic (exact) mass is 224 g/mol. The van der Waals surface area contributed by atoms with Crippen molar-refractivity contribution in [3.63, 3.8) is 0 Å². The Morgan fingerprint density at radius 2 is 1.82 bits per heavy atom. The minimum Gasteiger partial charge on any atom is -0.319 e. The van der Waals surface area contributed by atoms with Crippen molar-refractivity contribution in [3.8, 4) is 6.07 Å². The van der Waals surface area contributed by atoms with Gasteiger partial charge in [0, 0.05) is 5.56 Å². The van der Waals surface area contributed by atoms with Crippen molar-refractivity contribution >= 4 is 11.6 Å². The summed E-state index contributed by atoms with van der Waals surface area (Å²) in [5, 5.41) is 11.3. The van der Waals surface area contributed by atoms with E-state index < -0.39 is 0 Å². The van der Waals surface area contributed by atoms with Gasteiger partial charge in [-0.25, -0.2) is 9.97 Å². The van der Waals surface area contributed by atoms with Crippen LogP contribution in [-0.4, -0.2) is 15.9 Å². The number of carbonyl (C=O) groups excluding carboxylic acids is 1. The van der Waals surface area contributed by atoms with E-state index in [4.69, 9.17) is 5.26 Å². The van der Waals surface area contributed by atoms with E-state index in [1.54, 1.807) is 24.3 Å². The highest BCUT2D eigenvalue weighted by atomic mass is 16.1. The van der Waals surface area contributed by atoms with Crippen LogP contribution < -0.4 is 5.32 Å². The molecule has 0 spiro atoms. The van der Waals surface area contributed by atoms with Gasteiger partial charge in [-0.3, -0.25) is 4.79 Å². The maximum atomic E-state index is 11.8. The molecule has 0 fully saturated rings. The molecule has 0 aliphatic rings. The molecule has 0 saturated heterocycles. The zero-order valence-electron chi connectivity index (χ0n) is 8.79. The first-order valence-corrected chi connectivity index (χ1v) is 4.86. The van der Waals surface area contributed by atoms with Gasteiger partial charge in [-0.15, -0.1) is 0 Å². The molecule has 1 aromatic heterocycles. The highest BCUT2D eigenvalue weighted by Crippen LogP contribution is 2.07. The number of hydrogen-bond acceptors (Lipinski definition) is 4. The van der Waals surface area contributed by atoms with Crippen LogP contribution in [0, 0.1) is 11.3 Å². The van der Waals surface area contributed by atoms with Gasteiger partial charge in [0.1, 0.15) is 6.33 Å². The maximum absolute atomic E-state index is 11.8. The van der Waals surface area contributed by atoms with Crippen LogP contribution in [0.5, 0.6) is 0 Å². The van der Waals surface area contributed by atoms with Gasteiger partial charge in [0.25, 0.3) is 5.91 Å². The molecule has 0 aliphatic heterocycles. The molecule has 1 heterocycles. The van der Waals surface area contributed by atoms with Gasteiger partial charge in [0.05, 0.1) is 29.7 Å². The summed E-state index contributed by atoms with van der Waals surface area (Å²) in [6.07, 6.45) is 4.40. The number of nitriles is 1. The van der Waals surface area contributed by atoms with E-state index in [0.717, 1.165) is 0 Å². The molecule has 2 rings (SSSR count). The summed E-state index contributed by atoms with van der Waals surface area (Å²) in [7, 11) is 0. The van der Waals surface area contributed by atoms with Crippen LogP contribution in [0.15, 0.2) is 43.0 Å². The summed E-state index contributed by atoms with van der Waals surface area (Å²) >= 11 is 0. The quantitative estimate of drug-likeness (QED) is 0.840. The Labute approximate surface area is 97.8 Å². The van der Waals surface area contributed by atoms with Crippen LogP contribution in [0.4, 0.5) is 5.69 Å². The standard InChI is InChI=1S/C12H8N4O/c13-5-9-1-3-10(4-2-9)12(17)16-11-6-14-8-15-7-11/h1-4,6-8H,(H,16,17). The van der Waals surface area contributed by atoms with Gasteiger partial charge < -0.3 is 5.32 Å². The van der Waals surface area contributed by atoms with Crippen molar-refractivity contribution in [2.45, 2.75) is 0 Å². The predicted octanol–water partition coefficient (Wildman–Crippen LogP) is 1.60. The van der Waals surface area contributed by atoms with Crippen LogP contribution in [0.25, 0.3) is 0 Å². The molecule has 0 atom stereocenters. The lowest BCUT2D eigenvalue weighted by Crippen LogP contribution is -2.12. The Kier molecular flexibility index (Phi) is 3.08. The summed E-state index contributed by atoms with van der Waals surface area (Å²) in [6.45, 7) is 0. The second-order valence-corrected chi connectivity index (χ2v) is 3.27. The minimum absolute atomic E-state index is 0.260. The molecule has 1 aromatic carbocycles. The Morgan fingerprint density at radius 3 is 2.41 bits per heavy atom. The van der Waals surface area contributed by atoms with E-state index in [1.807, 2.05) is 6.07 Å². The Balaban J connectivity index is 2.13. The molecule has 0 saturated carbocycles. The number of nitrogens with one attached hydrogen (secondary N) is 1. The average Bonchev–Trinajstić information content (AvgIpc) is 2.40. The van der Waals surface area contributed by atoms with Gasteiger partial charge in [-0.05, 0) is 24.3 Å². The first-order valence-electron chi connectivity index (χ1n) is 4.86. The zero-order chi connectivity index (χ0) is 12.1. The van der Waals surface area contributed by atoms with E-state index in [9.17, 15) is 4.79 Å². The largest absolute Gasteiger partial charge is 0.319 e. The summed E-state index contributed by atoms with van der Waals surface area (Å²) in [5.41, 5.74) is 1.53. The summed E-state index contributed by atoms with van der Waals surface area (Å²) in [5.74, 6) is -0.260. The fraction of sp³-hybridized carbons (Fsp3) is 0. The smallest absolute Gasteiger partial charge is 0.255 e. The molecule has 82 valence electrons. The fourth-order valence-corrected chi connectivity index (χ4v) is 1.26. The molecular weight excluding hydrogens is 216 g/mol. The van der Waals surface area contributed by atoms with Gasteiger partial charge >= 0.3 is 0 Å². The lowest BCUT2D eigenvalue weighted by molar-refractivity contribution is 0.102. The number of carbonyl (C=O) groups is 1. The Morgan fingerprint density at radius 1 is 1.18 bits per heavy atom. The fourth-order valence-electron chi connectivity index (χ4n) is 1.26. The average molecular weight is 224 g/mol. The molecule has 1 amide bonds. The van der Waals surface area contributed by atoms with Crippen molar-refractivity contribution in [1.29, 1.82) is 5.26 Å². The first kappa shape index (κ1) is 10.8. The van der Waals surface area contributed by atoms with E-state index in [2.05, 4.69) is 15.3 Å². The van der Waals surface area contributed by atoms with Gasteiger partial charge in [-0.2, -0.15) is 5.26 Å². The second kappa shape index (κ2) is 4.86. The van der Waals surface area contributed by atoms with Gasteiger partial charge in [0.15, 0.2) is 0 Å². The van der Waals surface area contributed by atoms with Crippen molar-refractivity contribution in [2.24, 2.45) is 0 Å². The minimum atomic E-state index is -0.260. The number of benzene rings is 1.